The van der Waals surface area contributed by atoms with Crippen LogP contribution in [-0.4, -0.2) is 30.1 Å². The molecule has 22 heavy (non-hydrogen) atoms. The van der Waals surface area contributed by atoms with E-state index in [4.69, 9.17) is 0 Å². The van der Waals surface area contributed by atoms with Crippen LogP contribution in [0.3, 0.4) is 0 Å². The van der Waals surface area contributed by atoms with E-state index in [9.17, 15) is 0 Å². The molecule has 1 atom stereocenters. The molecule has 1 rings (SSSR count). The number of nitrogens with zero attached hydrogens (tertiary/aromatic N) is 2. The Morgan fingerprint density at radius 2 is 2.14 bits per heavy atom. The first-order chi connectivity index (χ1) is 10.3. The first kappa shape index (κ1) is 21.1. The van der Waals surface area contributed by atoms with Crippen LogP contribution in [0.25, 0.3) is 0 Å². The van der Waals surface area contributed by atoms with E-state index in [2.05, 4.69) is 47.4 Å². The third-order valence-corrected chi connectivity index (χ3v) is 3.36. The van der Waals surface area contributed by atoms with E-state index in [0.717, 1.165) is 25.5 Å². The van der Waals surface area contributed by atoms with Gasteiger partial charge in [-0.15, -0.1) is 24.0 Å². The summed E-state index contributed by atoms with van der Waals surface area (Å²) in [6.07, 6.45) is 9.68. The van der Waals surface area contributed by atoms with Crippen LogP contribution >= 0.6 is 24.0 Å². The van der Waals surface area contributed by atoms with Gasteiger partial charge in [0.1, 0.15) is 0 Å². The molecule has 0 saturated heterocycles. The summed E-state index contributed by atoms with van der Waals surface area (Å²) >= 11 is 0. The molecular weight excluding hydrogens is 387 g/mol. The Morgan fingerprint density at radius 3 is 2.77 bits per heavy atom. The average Bonchev–Trinajstić information content (AvgIpc) is 2.49. The molecule has 0 radical (unpaired) electrons. The molecule has 0 aliphatic rings. The molecule has 1 aromatic rings. The largest absolute Gasteiger partial charge is 0.357 e. The number of aliphatic imine (C=N–C) groups is 1. The van der Waals surface area contributed by atoms with Gasteiger partial charge in [-0.25, -0.2) is 0 Å². The van der Waals surface area contributed by atoms with Crippen molar-refractivity contribution in [2.24, 2.45) is 4.99 Å². The van der Waals surface area contributed by atoms with E-state index < -0.39 is 0 Å². The van der Waals surface area contributed by atoms with Crippen LogP contribution in [0.5, 0.6) is 0 Å². The predicted octanol–water partition coefficient (Wildman–Crippen LogP) is 3.77. The van der Waals surface area contributed by atoms with E-state index in [1.54, 1.807) is 6.20 Å². The molecule has 0 bridgehead atoms. The number of aromatic nitrogens is 1. The molecule has 0 aliphatic heterocycles. The molecule has 4 nitrogen and oxygen atoms in total. The topological polar surface area (TPSA) is 49.3 Å². The summed E-state index contributed by atoms with van der Waals surface area (Å²) in [6.45, 7) is 8.23. The molecule has 0 fully saturated rings. The summed E-state index contributed by atoms with van der Waals surface area (Å²) in [7, 11) is 0. The Morgan fingerprint density at radius 1 is 1.32 bits per heavy atom. The van der Waals surface area contributed by atoms with Crippen molar-refractivity contribution in [2.45, 2.75) is 58.9 Å². The molecule has 5 heteroatoms. The third kappa shape index (κ3) is 9.97. The highest BCUT2D eigenvalue weighted by molar-refractivity contribution is 14.0. The number of guanidine groups is 1. The fourth-order valence-corrected chi connectivity index (χ4v) is 2.17. The molecule has 1 heterocycles. The minimum Gasteiger partial charge on any atom is -0.357 e. The SMILES string of the molecule is CCCCCC(C)NC(=NCCc1cccnc1)NCC.I. The fourth-order valence-electron chi connectivity index (χ4n) is 2.17. The Labute approximate surface area is 152 Å². The van der Waals surface area contributed by atoms with Crippen molar-refractivity contribution in [3.8, 4) is 0 Å². The summed E-state index contributed by atoms with van der Waals surface area (Å²) in [6, 6.07) is 4.53. The molecule has 0 aliphatic carbocycles. The van der Waals surface area contributed by atoms with Gasteiger partial charge in [-0.1, -0.05) is 32.3 Å². The van der Waals surface area contributed by atoms with Crippen LogP contribution in [0.1, 0.15) is 52.0 Å². The Hall–Kier alpha value is -0.850. The summed E-state index contributed by atoms with van der Waals surface area (Å²) in [4.78, 5) is 8.77. The zero-order chi connectivity index (χ0) is 15.3. The predicted molar refractivity (Wildman–Crippen MR) is 106 cm³/mol. The lowest BCUT2D eigenvalue weighted by molar-refractivity contribution is 0.547. The smallest absolute Gasteiger partial charge is 0.191 e. The molecular formula is C17H31IN4. The highest BCUT2D eigenvalue weighted by atomic mass is 127. The Balaban J connectivity index is 0.00000441. The Bertz CT molecular complexity index is 395. The second-order valence-corrected chi connectivity index (χ2v) is 5.41. The van der Waals surface area contributed by atoms with Crippen LogP contribution in [0.2, 0.25) is 0 Å². The zero-order valence-electron chi connectivity index (χ0n) is 14.1. The summed E-state index contributed by atoms with van der Waals surface area (Å²) in [5.74, 6) is 0.922. The molecule has 1 aromatic heterocycles. The molecule has 0 amide bonds. The van der Waals surface area contributed by atoms with E-state index in [-0.39, 0.29) is 24.0 Å². The van der Waals surface area contributed by atoms with Gasteiger partial charge in [0, 0.05) is 31.5 Å². The maximum atomic E-state index is 4.64. The zero-order valence-corrected chi connectivity index (χ0v) is 16.5. The van der Waals surface area contributed by atoms with Gasteiger partial charge in [0.05, 0.1) is 0 Å². The van der Waals surface area contributed by atoms with Gasteiger partial charge in [-0.05, 0) is 38.3 Å². The van der Waals surface area contributed by atoms with E-state index >= 15 is 0 Å². The van der Waals surface area contributed by atoms with E-state index in [1.807, 2.05) is 12.3 Å². The quantitative estimate of drug-likeness (QED) is 0.278. The average molecular weight is 418 g/mol. The maximum absolute atomic E-state index is 4.64. The minimum atomic E-state index is 0. The third-order valence-electron chi connectivity index (χ3n) is 3.36. The Kier molecular flexibility index (Phi) is 13.3. The molecule has 126 valence electrons. The molecule has 2 N–H and O–H groups in total. The van der Waals surface area contributed by atoms with Gasteiger partial charge in [0.2, 0.25) is 0 Å². The van der Waals surface area contributed by atoms with E-state index in [0.29, 0.717) is 6.04 Å². The lowest BCUT2D eigenvalue weighted by Crippen LogP contribution is -2.42. The lowest BCUT2D eigenvalue weighted by Gasteiger charge is -2.17. The van der Waals surface area contributed by atoms with Crippen molar-refractivity contribution in [2.75, 3.05) is 13.1 Å². The van der Waals surface area contributed by atoms with Crippen LogP contribution in [-0.2, 0) is 6.42 Å². The van der Waals surface area contributed by atoms with Crippen molar-refractivity contribution in [1.82, 2.24) is 15.6 Å². The first-order valence-corrected chi connectivity index (χ1v) is 8.20. The van der Waals surface area contributed by atoms with Crippen molar-refractivity contribution in [3.05, 3.63) is 30.1 Å². The number of halogens is 1. The van der Waals surface area contributed by atoms with Crippen LogP contribution in [0.4, 0.5) is 0 Å². The fraction of sp³-hybridized carbons (Fsp3) is 0.647. The second kappa shape index (κ2) is 13.8. The van der Waals surface area contributed by atoms with Gasteiger partial charge >= 0.3 is 0 Å². The number of rotatable bonds is 9. The van der Waals surface area contributed by atoms with Gasteiger partial charge in [-0.2, -0.15) is 0 Å². The van der Waals surface area contributed by atoms with Crippen LogP contribution in [0, 0.1) is 0 Å². The number of pyridine rings is 1. The minimum absolute atomic E-state index is 0. The van der Waals surface area contributed by atoms with Crippen LogP contribution < -0.4 is 10.6 Å². The number of unbranched alkanes of at least 4 members (excludes halogenated alkanes) is 2. The van der Waals surface area contributed by atoms with E-state index in [1.165, 1.54) is 31.2 Å². The maximum Gasteiger partial charge on any atom is 0.191 e. The van der Waals surface area contributed by atoms with Crippen molar-refractivity contribution < 1.29 is 0 Å². The van der Waals surface area contributed by atoms with Gasteiger partial charge in [0.15, 0.2) is 5.96 Å². The van der Waals surface area contributed by atoms with Crippen molar-refractivity contribution >= 4 is 29.9 Å². The van der Waals surface area contributed by atoms with Gasteiger partial charge in [0.25, 0.3) is 0 Å². The van der Waals surface area contributed by atoms with Crippen LogP contribution in [0.15, 0.2) is 29.5 Å². The molecule has 1 unspecified atom stereocenters. The number of hydrogen-bond donors (Lipinski definition) is 2. The normalized spacial score (nSPS) is 12.4. The number of nitrogens with one attached hydrogen (secondary N) is 2. The molecule has 0 aromatic carbocycles. The summed E-state index contributed by atoms with van der Waals surface area (Å²) in [5.41, 5.74) is 1.23. The molecule has 0 spiro atoms. The number of hydrogen-bond acceptors (Lipinski definition) is 2. The first-order valence-electron chi connectivity index (χ1n) is 8.20. The molecule has 0 saturated carbocycles. The van der Waals surface area contributed by atoms with Gasteiger partial charge < -0.3 is 10.6 Å². The highest BCUT2D eigenvalue weighted by Gasteiger charge is 2.04. The standard InChI is InChI=1S/C17H30N4.HI/c1-4-6-7-9-15(3)21-17(19-5-2)20-13-11-16-10-8-12-18-14-16;/h8,10,12,14-15H,4-7,9,11,13H2,1-3H3,(H2,19,20,21);1H. The second-order valence-electron chi connectivity index (χ2n) is 5.41. The summed E-state index contributed by atoms with van der Waals surface area (Å²) in [5, 5.41) is 6.80. The lowest BCUT2D eigenvalue weighted by atomic mass is 10.1. The van der Waals surface area contributed by atoms with Crippen molar-refractivity contribution in [1.29, 1.82) is 0 Å². The highest BCUT2D eigenvalue weighted by Crippen LogP contribution is 2.02. The van der Waals surface area contributed by atoms with Gasteiger partial charge in [-0.3, -0.25) is 9.98 Å². The monoisotopic (exact) mass is 418 g/mol. The summed E-state index contributed by atoms with van der Waals surface area (Å²) < 4.78 is 0. The van der Waals surface area contributed by atoms with Crippen molar-refractivity contribution in [3.63, 3.8) is 0 Å².